The maximum absolute atomic E-state index is 11.3. The number of carbonyl (C=O) groups excluding carboxylic acids is 1. The number of carbonyl (C=O) groups is 1. The fourth-order valence-electron chi connectivity index (χ4n) is 2.91. The summed E-state index contributed by atoms with van der Waals surface area (Å²) < 4.78 is 0. The molecule has 0 aromatic heterocycles. The Hall–Kier alpha value is -1.45. The van der Waals surface area contributed by atoms with Gasteiger partial charge in [-0.3, -0.25) is 4.79 Å². The van der Waals surface area contributed by atoms with Gasteiger partial charge in [0.2, 0.25) is 5.91 Å². The normalized spacial score (nSPS) is 9.85. The Balaban J connectivity index is 3.30. The lowest BCUT2D eigenvalue weighted by molar-refractivity contribution is -0.121. The van der Waals surface area contributed by atoms with E-state index in [9.17, 15) is 4.79 Å². The van der Waals surface area contributed by atoms with Gasteiger partial charge >= 0.3 is 0 Å². The highest BCUT2D eigenvalue weighted by molar-refractivity contribution is 5.75. The summed E-state index contributed by atoms with van der Waals surface area (Å²) in [4.78, 5) is 11.3. The van der Waals surface area contributed by atoms with Crippen LogP contribution in [-0.4, -0.2) is 19.0 Å². The zero-order chi connectivity index (χ0) is 19.8. The quantitative estimate of drug-likeness (QED) is 0.267. The van der Waals surface area contributed by atoms with Crippen LogP contribution in [0.2, 0.25) is 0 Å². The Bertz CT molecular complexity index is 450. The van der Waals surface area contributed by atoms with E-state index < -0.39 is 0 Å². The van der Waals surface area contributed by atoms with Crippen molar-refractivity contribution < 1.29 is 4.79 Å². The monoisotopic (exact) mass is 374 g/mol. The van der Waals surface area contributed by atoms with Crippen molar-refractivity contribution in [3.8, 4) is 23.7 Å². The van der Waals surface area contributed by atoms with Gasteiger partial charge in [-0.25, -0.2) is 0 Å². The van der Waals surface area contributed by atoms with Crippen LogP contribution in [0, 0.1) is 23.7 Å². The highest BCUT2D eigenvalue weighted by Crippen LogP contribution is 2.12. The second kappa shape index (κ2) is 22.6. The number of amides is 1. The van der Waals surface area contributed by atoms with Gasteiger partial charge in [-0.1, -0.05) is 89.4 Å². The molecule has 0 aromatic carbocycles. The molecule has 3 N–H and O–H groups in total. The van der Waals surface area contributed by atoms with Crippen molar-refractivity contribution in [1.82, 2.24) is 5.32 Å². The number of nitrogens with two attached hydrogens (primary N) is 1. The molecule has 0 spiro atoms. The van der Waals surface area contributed by atoms with E-state index >= 15 is 0 Å². The lowest BCUT2D eigenvalue weighted by Gasteiger charge is -2.01. The highest BCUT2D eigenvalue weighted by Gasteiger charge is 1.97. The van der Waals surface area contributed by atoms with E-state index in [2.05, 4.69) is 35.9 Å². The molecule has 154 valence electrons. The fourth-order valence-corrected chi connectivity index (χ4v) is 2.91. The van der Waals surface area contributed by atoms with Gasteiger partial charge in [0.1, 0.15) is 0 Å². The maximum atomic E-state index is 11.3. The van der Waals surface area contributed by atoms with Gasteiger partial charge in [-0.05, 0) is 24.7 Å². The van der Waals surface area contributed by atoms with E-state index in [1.165, 1.54) is 77.0 Å². The van der Waals surface area contributed by atoms with Gasteiger partial charge in [0.05, 0.1) is 0 Å². The van der Waals surface area contributed by atoms with Gasteiger partial charge in [0, 0.05) is 32.4 Å². The summed E-state index contributed by atoms with van der Waals surface area (Å²) in [5.74, 6) is 12.0. The fraction of sp³-hybridized carbons (Fsp3) is 0.792. The molecule has 0 aromatic rings. The number of hydrogen-bond acceptors (Lipinski definition) is 2. The molecule has 0 rings (SSSR count). The van der Waals surface area contributed by atoms with E-state index in [4.69, 9.17) is 5.73 Å². The van der Waals surface area contributed by atoms with Crippen LogP contribution < -0.4 is 11.1 Å². The summed E-state index contributed by atoms with van der Waals surface area (Å²) in [5.41, 5.74) is 5.33. The van der Waals surface area contributed by atoms with E-state index in [-0.39, 0.29) is 5.91 Å². The van der Waals surface area contributed by atoms with Crippen LogP contribution in [-0.2, 0) is 4.79 Å². The summed E-state index contributed by atoms with van der Waals surface area (Å²) in [5, 5.41) is 2.75. The molecule has 0 aliphatic carbocycles. The Morgan fingerprint density at radius 1 is 0.741 bits per heavy atom. The average Bonchev–Trinajstić information content (AvgIpc) is 2.68. The second-order valence-corrected chi connectivity index (χ2v) is 7.23. The summed E-state index contributed by atoms with van der Waals surface area (Å²) in [7, 11) is 0. The Labute approximate surface area is 168 Å². The lowest BCUT2D eigenvalue weighted by Crippen LogP contribution is -2.28. The van der Waals surface area contributed by atoms with Crippen molar-refractivity contribution in [3.63, 3.8) is 0 Å². The summed E-state index contributed by atoms with van der Waals surface area (Å²) in [6.45, 7) is 3.31. The molecule has 0 saturated carbocycles. The van der Waals surface area contributed by atoms with E-state index in [1.807, 2.05) is 0 Å². The minimum Gasteiger partial charge on any atom is -0.355 e. The first kappa shape index (κ1) is 25.6. The Morgan fingerprint density at radius 3 is 1.74 bits per heavy atom. The molecule has 0 atom stereocenters. The van der Waals surface area contributed by atoms with E-state index in [0.717, 1.165) is 19.3 Å². The Morgan fingerprint density at radius 2 is 1.22 bits per heavy atom. The maximum Gasteiger partial charge on any atom is 0.220 e. The van der Waals surface area contributed by atoms with Crippen molar-refractivity contribution in [2.24, 2.45) is 5.73 Å². The molecule has 0 radical (unpaired) electrons. The molecular formula is C24H42N2O. The van der Waals surface area contributed by atoms with Crippen LogP contribution in [0.1, 0.15) is 110 Å². The third-order valence-corrected chi connectivity index (χ3v) is 4.57. The number of nitrogens with one attached hydrogen (secondary N) is 1. The highest BCUT2D eigenvalue weighted by atomic mass is 16.1. The largest absolute Gasteiger partial charge is 0.355 e. The smallest absolute Gasteiger partial charge is 0.220 e. The zero-order valence-electron chi connectivity index (χ0n) is 17.7. The zero-order valence-corrected chi connectivity index (χ0v) is 17.7. The molecule has 0 heterocycles. The molecule has 0 aliphatic rings. The predicted molar refractivity (Wildman–Crippen MR) is 117 cm³/mol. The van der Waals surface area contributed by atoms with Crippen LogP contribution in [0.5, 0.6) is 0 Å². The van der Waals surface area contributed by atoms with E-state index in [1.54, 1.807) is 0 Å². The van der Waals surface area contributed by atoms with Crippen LogP contribution >= 0.6 is 0 Å². The van der Waals surface area contributed by atoms with Gasteiger partial charge < -0.3 is 11.1 Å². The predicted octanol–water partition coefficient (Wildman–Crippen LogP) is 5.33. The first-order valence-electron chi connectivity index (χ1n) is 11.2. The molecule has 0 saturated heterocycles. The third kappa shape index (κ3) is 22.5. The molecule has 27 heavy (non-hydrogen) atoms. The van der Waals surface area contributed by atoms with Gasteiger partial charge in [-0.15, -0.1) is 0 Å². The van der Waals surface area contributed by atoms with E-state index in [0.29, 0.717) is 19.5 Å². The molecule has 0 fully saturated rings. The summed E-state index contributed by atoms with van der Waals surface area (Å²) in [6.07, 6.45) is 19.4. The topological polar surface area (TPSA) is 55.1 Å². The second-order valence-electron chi connectivity index (χ2n) is 7.23. The SMILES string of the molecule is CCCCCCCCCCCCCCC#CC#CCCCC(=O)NCCN. The lowest BCUT2D eigenvalue weighted by atomic mass is 10.0. The van der Waals surface area contributed by atoms with Gasteiger partial charge in [0.25, 0.3) is 0 Å². The molecule has 1 amide bonds. The first-order valence-corrected chi connectivity index (χ1v) is 11.2. The molecule has 0 unspecified atom stereocenters. The minimum absolute atomic E-state index is 0.0558. The summed E-state index contributed by atoms with van der Waals surface area (Å²) in [6, 6.07) is 0. The van der Waals surface area contributed by atoms with Crippen molar-refractivity contribution >= 4 is 5.91 Å². The van der Waals surface area contributed by atoms with Crippen molar-refractivity contribution in [2.45, 2.75) is 110 Å². The van der Waals surface area contributed by atoms with Crippen molar-refractivity contribution in [2.75, 3.05) is 13.1 Å². The molecule has 0 aliphatic heterocycles. The number of unbranched alkanes of at least 4 members (excludes halogenated alkanes) is 13. The molecule has 0 bridgehead atoms. The van der Waals surface area contributed by atoms with Crippen LogP contribution in [0.15, 0.2) is 0 Å². The molecule has 3 nitrogen and oxygen atoms in total. The van der Waals surface area contributed by atoms with Crippen molar-refractivity contribution in [1.29, 1.82) is 0 Å². The summed E-state index contributed by atoms with van der Waals surface area (Å²) >= 11 is 0. The van der Waals surface area contributed by atoms with Gasteiger partial charge in [-0.2, -0.15) is 0 Å². The first-order chi connectivity index (χ1) is 13.3. The third-order valence-electron chi connectivity index (χ3n) is 4.57. The van der Waals surface area contributed by atoms with Gasteiger partial charge in [0.15, 0.2) is 0 Å². The Kier molecular flexibility index (Phi) is 21.4. The van der Waals surface area contributed by atoms with Crippen LogP contribution in [0.3, 0.4) is 0 Å². The number of hydrogen-bond donors (Lipinski definition) is 2. The average molecular weight is 375 g/mol. The number of rotatable bonds is 17. The standard InChI is InChI=1S/C24H42N2O/c1-2-3-4-5-6-7-8-9-10-11-12-13-14-15-16-17-18-19-20-21-24(27)26-23-22-25/h2-14,19-23,25H2,1H3,(H,26,27). The minimum atomic E-state index is 0.0558. The van der Waals surface area contributed by atoms with Crippen LogP contribution in [0.4, 0.5) is 0 Å². The molecule has 3 heteroatoms. The van der Waals surface area contributed by atoms with Crippen LogP contribution in [0.25, 0.3) is 0 Å². The van der Waals surface area contributed by atoms with Crippen molar-refractivity contribution in [3.05, 3.63) is 0 Å². The molecular weight excluding hydrogens is 332 g/mol.